The number of hydrogen-bond acceptors (Lipinski definition) is 4. The van der Waals surface area contributed by atoms with Gasteiger partial charge in [0.15, 0.2) is 0 Å². The van der Waals surface area contributed by atoms with Crippen molar-refractivity contribution in [3.8, 4) is 0 Å². The fourth-order valence-electron chi connectivity index (χ4n) is 2.97. The van der Waals surface area contributed by atoms with Crippen LogP contribution in [0.1, 0.15) is 18.4 Å². The van der Waals surface area contributed by atoms with E-state index in [1.54, 1.807) is 0 Å². The minimum absolute atomic E-state index is 0.0828. The minimum Gasteiger partial charge on any atom is -0.469 e. The fraction of sp³-hybridized carbons (Fsp3) is 0.333. The number of ether oxygens (including phenoxy) is 2. The van der Waals surface area contributed by atoms with Crippen molar-refractivity contribution in [1.82, 2.24) is 0 Å². The molecule has 0 spiro atoms. The zero-order chi connectivity index (χ0) is 19.0. The Kier molecular flexibility index (Phi) is 7.15. The van der Waals surface area contributed by atoms with Crippen LogP contribution >= 0.6 is 0 Å². The van der Waals surface area contributed by atoms with Crippen LogP contribution in [0.25, 0.3) is 0 Å². The summed E-state index contributed by atoms with van der Waals surface area (Å²) in [6.45, 7) is 4.61. The maximum absolute atomic E-state index is 12.4. The van der Waals surface area contributed by atoms with Crippen LogP contribution in [0, 0.1) is 0 Å². The molecule has 2 rings (SSSR count). The van der Waals surface area contributed by atoms with Gasteiger partial charge in [-0.25, -0.2) is 0 Å². The standard InChI is InChI=1S/C21H26O4Si/c1-24-20(22)14-19(26(2,3)18-12-8-5-9-13-18)15-21(23)25-16-17-10-6-4-7-11-17/h4-13,19H,14-16H2,1-3H3/t19-/m0/s1. The van der Waals surface area contributed by atoms with Crippen molar-refractivity contribution in [3.63, 3.8) is 0 Å². The molecule has 5 heteroatoms. The molecular formula is C21H26O4Si. The molecule has 0 saturated carbocycles. The van der Waals surface area contributed by atoms with Gasteiger partial charge in [0.25, 0.3) is 0 Å². The van der Waals surface area contributed by atoms with E-state index in [1.165, 1.54) is 12.3 Å². The molecule has 0 bridgehead atoms. The highest BCUT2D eigenvalue weighted by atomic mass is 28.3. The summed E-state index contributed by atoms with van der Waals surface area (Å²) in [7, 11) is -0.681. The molecule has 4 nitrogen and oxygen atoms in total. The van der Waals surface area contributed by atoms with Crippen molar-refractivity contribution in [2.75, 3.05) is 7.11 Å². The first-order valence-corrected chi connectivity index (χ1v) is 11.8. The molecule has 0 saturated heterocycles. The molecule has 26 heavy (non-hydrogen) atoms. The van der Waals surface area contributed by atoms with E-state index >= 15 is 0 Å². The lowest BCUT2D eigenvalue weighted by atomic mass is 10.2. The maximum atomic E-state index is 12.4. The Morgan fingerprint density at radius 2 is 1.42 bits per heavy atom. The van der Waals surface area contributed by atoms with Gasteiger partial charge < -0.3 is 9.47 Å². The lowest BCUT2D eigenvalue weighted by Gasteiger charge is -2.32. The van der Waals surface area contributed by atoms with Gasteiger partial charge in [0.05, 0.1) is 15.2 Å². The molecule has 0 heterocycles. The van der Waals surface area contributed by atoms with Crippen molar-refractivity contribution < 1.29 is 19.1 Å². The van der Waals surface area contributed by atoms with E-state index in [1.807, 2.05) is 48.5 Å². The molecule has 1 atom stereocenters. The number of carbonyl (C=O) groups is 2. The first kappa shape index (κ1) is 19.9. The van der Waals surface area contributed by atoms with Gasteiger partial charge in [-0.1, -0.05) is 78.9 Å². The van der Waals surface area contributed by atoms with E-state index in [-0.39, 0.29) is 36.9 Å². The summed E-state index contributed by atoms with van der Waals surface area (Å²) in [6, 6.07) is 19.7. The predicted octanol–water partition coefficient (Wildman–Crippen LogP) is 3.67. The average molecular weight is 371 g/mol. The van der Waals surface area contributed by atoms with Gasteiger partial charge in [-0.05, 0) is 11.1 Å². The number of methoxy groups -OCH3 is 1. The number of hydrogen-bond donors (Lipinski definition) is 0. The molecule has 0 aliphatic heterocycles. The Balaban J connectivity index is 2.09. The molecule has 0 unspecified atom stereocenters. The lowest BCUT2D eigenvalue weighted by molar-refractivity contribution is -0.145. The van der Waals surface area contributed by atoms with Crippen LogP contribution in [-0.2, 0) is 25.7 Å². The number of benzene rings is 2. The smallest absolute Gasteiger partial charge is 0.306 e. The SMILES string of the molecule is COC(=O)C[C@@H](CC(=O)OCc1ccccc1)[Si](C)(C)c1ccccc1. The third-order valence-corrected chi connectivity index (χ3v) is 9.11. The summed E-state index contributed by atoms with van der Waals surface area (Å²) >= 11 is 0. The highest BCUT2D eigenvalue weighted by Gasteiger charge is 2.37. The molecule has 138 valence electrons. The molecule has 0 fully saturated rings. The van der Waals surface area contributed by atoms with Crippen molar-refractivity contribution in [2.45, 2.75) is 38.1 Å². The Hall–Kier alpha value is -2.40. The van der Waals surface area contributed by atoms with E-state index in [2.05, 4.69) is 25.2 Å². The maximum Gasteiger partial charge on any atom is 0.306 e. The topological polar surface area (TPSA) is 52.6 Å². The van der Waals surface area contributed by atoms with Crippen LogP contribution in [0.3, 0.4) is 0 Å². The molecule has 0 aromatic heterocycles. The monoisotopic (exact) mass is 370 g/mol. The summed E-state index contributed by atoms with van der Waals surface area (Å²) in [5.41, 5.74) is 0.866. The van der Waals surface area contributed by atoms with Gasteiger partial charge in [0, 0.05) is 12.8 Å². The molecule has 0 radical (unpaired) electrons. The van der Waals surface area contributed by atoms with Crippen LogP contribution in [0.4, 0.5) is 0 Å². The minimum atomic E-state index is -2.06. The third kappa shape index (κ3) is 5.56. The van der Waals surface area contributed by atoms with Gasteiger partial charge in [-0.3, -0.25) is 9.59 Å². The summed E-state index contributed by atoms with van der Waals surface area (Å²) in [6.07, 6.45) is 0.446. The van der Waals surface area contributed by atoms with Gasteiger partial charge in [0.2, 0.25) is 0 Å². The second kappa shape index (κ2) is 9.34. The van der Waals surface area contributed by atoms with E-state index in [9.17, 15) is 9.59 Å². The van der Waals surface area contributed by atoms with Crippen molar-refractivity contribution in [3.05, 3.63) is 66.2 Å². The van der Waals surface area contributed by atoms with Crippen LogP contribution in [0.2, 0.25) is 18.6 Å². The highest BCUT2D eigenvalue weighted by molar-refractivity contribution is 6.91. The van der Waals surface area contributed by atoms with Gasteiger partial charge >= 0.3 is 11.9 Å². The van der Waals surface area contributed by atoms with Gasteiger partial charge in [0.1, 0.15) is 6.61 Å². The Bertz CT molecular complexity index is 713. The summed E-state index contributed by atoms with van der Waals surface area (Å²) in [5.74, 6) is -0.568. The normalized spacial score (nSPS) is 12.3. The molecule has 0 aliphatic carbocycles. The zero-order valence-corrected chi connectivity index (χ0v) is 16.6. The van der Waals surface area contributed by atoms with Crippen LogP contribution in [-0.4, -0.2) is 27.1 Å². The van der Waals surface area contributed by atoms with Crippen molar-refractivity contribution >= 4 is 25.2 Å². The van der Waals surface area contributed by atoms with Crippen LogP contribution in [0.15, 0.2) is 60.7 Å². The second-order valence-electron chi connectivity index (χ2n) is 6.92. The van der Waals surface area contributed by atoms with E-state index in [0.29, 0.717) is 0 Å². The van der Waals surface area contributed by atoms with Crippen molar-refractivity contribution in [1.29, 1.82) is 0 Å². The summed E-state index contributed by atoms with van der Waals surface area (Å²) in [4.78, 5) is 24.3. The van der Waals surface area contributed by atoms with Gasteiger partial charge in [-0.15, -0.1) is 0 Å². The second-order valence-corrected chi connectivity index (χ2v) is 11.8. The van der Waals surface area contributed by atoms with Crippen molar-refractivity contribution in [2.24, 2.45) is 0 Å². The number of rotatable bonds is 8. The van der Waals surface area contributed by atoms with Gasteiger partial charge in [-0.2, -0.15) is 0 Å². The summed E-state index contributed by atoms with van der Waals surface area (Å²) in [5, 5.41) is 1.21. The molecule has 2 aromatic carbocycles. The third-order valence-electron chi connectivity index (χ3n) is 4.83. The molecule has 0 aliphatic rings. The molecular weight excluding hydrogens is 344 g/mol. The lowest BCUT2D eigenvalue weighted by Crippen LogP contribution is -2.47. The first-order valence-electron chi connectivity index (χ1n) is 8.75. The van der Waals surface area contributed by atoms with E-state index in [4.69, 9.17) is 9.47 Å². The molecule has 0 N–H and O–H groups in total. The Morgan fingerprint density at radius 3 is 2.00 bits per heavy atom. The molecule has 2 aromatic rings. The number of esters is 2. The van der Waals surface area contributed by atoms with Crippen LogP contribution < -0.4 is 5.19 Å². The van der Waals surface area contributed by atoms with Crippen LogP contribution in [0.5, 0.6) is 0 Å². The Morgan fingerprint density at radius 1 is 0.885 bits per heavy atom. The molecule has 0 amide bonds. The predicted molar refractivity (Wildman–Crippen MR) is 105 cm³/mol. The zero-order valence-electron chi connectivity index (χ0n) is 15.6. The van der Waals surface area contributed by atoms with E-state index < -0.39 is 8.07 Å². The number of carbonyl (C=O) groups excluding carboxylic acids is 2. The Labute approximate surface area is 156 Å². The average Bonchev–Trinajstić information content (AvgIpc) is 2.67. The highest BCUT2D eigenvalue weighted by Crippen LogP contribution is 2.30. The first-order chi connectivity index (χ1) is 12.4. The van der Waals surface area contributed by atoms with E-state index in [0.717, 1.165) is 5.56 Å². The summed E-state index contributed by atoms with van der Waals surface area (Å²) < 4.78 is 10.3. The quantitative estimate of drug-likeness (QED) is 0.525. The largest absolute Gasteiger partial charge is 0.469 e. The fourth-order valence-corrected chi connectivity index (χ4v) is 5.85.